The Morgan fingerprint density at radius 3 is 2.64 bits per heavy atom. The van der Waals surface area contributed by atoms with Crippen LogP contribution in [0.2, 0.25) is 0 Å². The smallest absolute Gasteiger partial charge is 0.268 e. The van der Waals surface area contributed by atoms with Crippen LogP contribution in [-0.4, -0.2) is 32.6 Å². The van der Waals surface area contributed by atoms with E-state index >= 15 is 0 Å². The van der Waals surface area contributed by atoms with E-state index in [1.165, 1.54) is 40.1 Å². The molecule has 8 heteroatoms. The second-order valence-corrected chi connectivity index (χ2v) is 5.53. The molecule has 2 heterocycles. The zero-order valence-corrected chi connectivity index (χ0v) is 13.6. The highest BCUT2D eigenvalue weighted by Crippen LogP contribution is 2.11. The number of halogens is 1. The number of hydrogen-bond donors (Lipinski definition) is 0. The third-order valence-corrected chi connectivity index (χ3v) is 3.75. The summed E-state index contributed by atoms with van der Waals surface area (Å²) in [7, 11) is 1.55. The highest BCUT2D eigenvalue weighted by atomic mass is 19.1. The van der Waals surface area contributed by atoms with E-state index in [1.54, 1.807) is 26.2 Å². The van der Waals surface area contributed by atoms with Crippen molar-refractivity contribution in [2.75, 3.05) is 7.05 Å². The summed E-state index contributed by atoms with van der Waals surface area (Å²) < 4.78 is 19.0. The summed E-state index contributed by atoms with van der Waals surface area (Å²) in [6.45, 7) is 1.80. The summed E-state index contributed by atoms with van der Waals surface area (Å²) in [5.41, 5.74) is 0.587. The van der Waals surface area contributed by atoms with Gasteiger partial charge in [0.05, 0.1) is 6.54 Å². The Kier molecular flexibility index (Phi) is 4.42. The molecule has 0 atom stereocenters. The van der Waals surface area contributed by atoms with Gasteiger partial charge in [-0.05, 0) is 42.8 Å². The van der Waals surface area contributed by atoms with Crippen LogP contribution in [0.15, 0.2) is 52.2 Å². The highest BCUT2D eigenvalue weighted by molar-refractivity contribution is 5.95. The molecular weight excluding hydrogens is 327 g/mol. The molecule has 0 fully saturated rings. The van der Waals surface area contributed by atoms with Gasteiger partial charge in [-0.25, -0.2) is 4.39 Å². The van der Waals surface area contributed by atoms with Gasteiger partial charge in [0.25, 0.3) is 11.5 Å². The van der Waals surface area contributed by atoms with Crippen molar-refractivity contribution in [1.29, 1.82) is 0 Å². The molecule has 25 heavy (non-hydrogen) atoms. The van der Waals surface area contributed by atoms with Crippen molar-refractivity contribution in [2.24, 2.45) is 0 Å². The van der Waals surface area contributed by atoms with E-state index in [9.17, 15) is 14.0 Å². The standard InChI is InChI=1S/C17H15FN4O3/c1-11-7-8-22(13-5-3-12(18)4-6-13)17(24)15(11)16(23)21(2)9-14-19-10-25-20-14/h3-8,10H,9H2,1-2H3. The molecule has 0 saturated carbocycles. The number of hydrogen-bond acceptors (Lipinski definition) is 5. The van der Waals surface area contributed by atoms with E-state index in [0.29, 0.717) is 17.1 Å². The van der Waals surface area contributed by atoms with Crippen LogP contribution >= 0.6 is 0 Å². The fourth-order valence-electron chi connectivity index (χ4n) is 2.43. The predicted molar refractivity (Wildman–Crippen MR) is 86.8 cm³/mol. The van der Waals surface area contributed by atoms with E-state index in [4.69, 9.17) is 0 Å². The van der Waals surface area contributed by atoms with Crippen LogP contribution in [0.5, 0.6) is 0 Å². The molecule has 3 rings (SSSR count). The minimum Gasteiger partial charge on any atom is -0.343 e. The van der Waals surface area contributed by atoms with Crippen LogP contribution in [0.3, 0.4) is 0 Å². The van der Waals surface area contributed by atoms with Gasteiger partial charge in [0, 0.05) is 18.9 Å². The van der Waals surface area contributed by atoms with Gasteiger partial charge < -0.3 is 9.42 Å². The maximum atomic E-state index is 13.1. The average Bonchev–Trinajstić information content (AvgIpc) is 3.09. The number of aromatic nitrogens is 3. The molecule has 0 radical (unpaired) electrons. The summed E-state index contributed by atoms with van der Waals surface area (Å²) in [4.78, 5) is 30.7. The Hall–Kier alpha value is -3.29. The van der Waals surface area contributed by atoms with Gasteiger partial charge in [0.1, 0.15) is 11.4 Å². The predicted octanol–water partition coefficient (Wildman–Crippen LogP) is 1.94. The fraction of sp³-hybridized carbons (Fsp3) is 0.176. The van der Waals surface area contributed by atoms with Crippen molar-refractivity contribution in [2.45, 2.75) is 13.5 Å². The lowest BCUT2D eigenvalue weighted by Gasteiger charge is -2.17. The first-order valence-corrected chi connectivity index (χ1v) is 7.46. The first-order chi connectivity index (χ1) is 12.0. The Morgan fingerprint density at radius 2 is 2.00 bits per heavy atom. The van der Waals surface area contributed by atoms with Crippen LogP contribution in [0.4, 0.5) is 4.39 Å². The summed E-state index contributed by atoms with van der Waals surface area (Å²) in [6.07, 6.45) is 2.73. The number of carbonyl (C=O) groups is 1. The topological polar surface area (TPSA) is 81.2 Å². The van der Waals surface area contributed by atoms with E-state index < -0.39 is 17.3 Å². The normalized spacial score (nSPS) is 10.7. The Balaban J connectivity index is 1.98. The second-order valence-electron chi connectivity index (χ2n) is 5.53. The van der Waals surface area contributed by atoms with Gasteiger partial charge in [-0.2, -0.15) is 4.98 Å². The minimum atomic E-state index is -0.475. The van der Waals surface area contributed by atoms with E-state index in [0.717, 1.165) is 0 Å². The molecule has 0 aliphatic heterocycles. The first kappa shape index (κ1) is 16.6. The van der Waals surface area contributed by atoms with Crippen molar-refractivity contribution in [3.63, 3.8) is 0 Å². The van der Waals surface area contributed by atoms with Gasteiger partial charge in [-0.15, -0.1) is 0 Å². The van der Waals surface area contributed by atoms with Crippen LogP contribution in [0.25, 0.3) is 5.69 Å². The van der Waals surface area contributed by atoms with Gasteiger partial charge in [0.2, 0.25) is 6.39 Å². The van der Waals surface area contributed by atoms with Crippen LogP contribution in [-0.2, 0) is 6.54 Å². The summed E-state index contributed by atoms with van der Waals surface area (Å²) in [5.74, 6) is -0.521. The Labute approximate surface area is 142 Å². The molecule has 1 amide bonds. The SMILES string of the molecule is Cc1ccn(-c2ccc(F)cc2)c(=O)c1C(=O)N(C)Cc1ncon1. The van der Waals surface area contributed by atoms with Gasteiger partial charge in [-0.1, -0.05) is 5.16 Å². The largest absolute Gasteiger partial charge is 0.343 e. The zero-order chi connectivity index (χ0) is 18.0. The van der Waals surface area contributed by atoms with Gasteiger partial charge in [0.15, 0.2) is 5.82 Å². The second kappa shape index (κ2) is 6.68. The maximum Gasteiger partial charge on any atom is 0.268 e. The molecular formula is C17H15FN4O3. The fourth-order valence-corrected chi connectivity index (χ4v) is 2.43. The average molecular weight is 342 g/mol. The highest BCUT2D eigenvalue weighted by Gasteiger charge is 2.21. The number of nitrogens with zero attached hydrogens (tertiary/aromatic N) is 4. The molecule has 0 spiro atoms. The number of rotatable bonds is 4. The summed E-state index contributed by atoms with van der Waals surface area (Å²) in [5, 5.41) is 3.65. The Bertz CT molecular complexity index is 949. The summed E-state index contributed by atoms with van der Waals surface area (Å²) in [6, 6.07) is 7.13. The molecule has 128 valence electrons. The zero-order valence-electron chi connectivity index (χ0n) is 13.6. The molecule has 0 aliphatic carbocycles. The number of aryl methyl sites for hydroxylation is 1. The number of benzene rings is 1. The molecule has 0 N–H and O–H groups in total. The maximum absolute atomic E-state index is 13.1. The van der Waals surface area contributed by atoms with Crippen LogP contribution in [0, 0.1) is 12.7 Å². The molecule has 0 unspecified atom stereocenters. The van der Waals surface area contributed by atoms with Gasteiger partial charge >= 0.3 is 0 Å². The molecule has 0 saturated heterocycles. The van der Waals surface area contributed by atoms with Crippen molar-refractivity contribution in [3.8, 4) is 5.69 Å². The molecule has 0 bridgehead atoms. The molecule has 2 aromatic heterocycles. The number of pyridine rings is 1. The van der Waals surface area contributed by atoms with Crippen LogP contribution < -0.4 is 5.56 Å². The van der Waals surface area contributed by atoms with Crippen LogP contribution in [0.1, 0.15) is 21.7 Å². The lowest BCUT2D eigenvalue weighted by atomic mass is 10.1. The monoisotopic (exact) mass is 342 g/mol. The van der Waals surface area contributed by atoms with E-state index in [1.807, 2.05) is 0 Å². The number of carbonyl (C=O) groups excluding carboxylic acids is 1. The minimum absolute atomic E-state index is 0.0396. The van der Waals surface area contributed by atoms with Gasteiger partial charge in [-0.3, -0.25) is 14.2 Å². The molecule has 7 nitrogen and oxygen atoms in total. The molecule has 3 aromatic rings. The number of amides is 1. The van der Waals surface area contributed by atoms with Crippen molar-refractivity contribution in [1.82, 2.24) is 19.6 Å². The lowest BCUT2D eigenvalue weighted by Crippen LogP contribution is -2.34. The molecule has 0 aliphatic rings. The quantitative estimate of drug-likeness (QED) is 0.724. The van der Waals surface area contributed by atoms with Crippen molar-refractivity contribution >= 4 is 5.91 Å². The lowest BCUT2D eigenvalue weighted by molar-refractivity contribution is 0.0777. The third kappa shape index (κ3) is 3.32. The van der Waals surface area contributed by atoms with Crippen molar-refractivity contribution < 1.29 is 13.7 Å². The summed E-state index contributed by atoms with van der Waals surface area (Å²) >= 11 is 0. The van der Waals surface area contributed by atoms with E-state index in [-0.39, 0.29) is 12.1 Å². The van der Waals surface area contributed by atoms with Crippen molar-refractivity contribution in [3.05, 3.63) is 76.0 Å². The Morgan fingerprint density at radius 1 is 1.28 bits per heavy atom. The third-order valence-electron chi connectivity index (χ3n) is 3.75. The molecule has 1 aromatic carbocycles. The van der Waals surface area contributed by atoms with E-state index in [2.05, 4.69) is 14.7 Å². The first-order valence-electron chi connectivity index (χ1n) is 7.46.